The van der Waals surface area contributed by atoms with E-state index in [0.29, 0.717) is 19.4 Å². The summed E-state index contributed by atoms with van der Waals surface area (Å²) in [6, 6.07) is 0. The Balaban J connectivity index is 2.43. The number of hydroxylamine groups is 1. The van der Waals surface area contributed by atoms with Crippen LogP contribution in [0.1, 0.15) is 39.0 Å². The van der Waals surface area contributed by atoms with Crippen molar-refractivity contribution in [3.63, 3.8) is 0 Å². The Kier molecular flexibility index (Phi) is 3.69. The first-order chi connectivity index (χ1) is 6.21. The quantitative estimate of drug-likeness (QED) is 0.637. The van der Waals surface area contributed by atoms with Crippen molar-refractivity contribution in [2.45, 2.75) is 44.6 Å². The van der Waals surface area contributed by atoms with E-state index < -0.39 is 11.5 Å². The summed E-state index contributed by atoms with van der Waals surface area (Å²) in [5.74, 6) is -0.791. The lowest BCUT2D eigenvalue weighted by molar-refractivity contribution is -0.147. The van der Waals surface area contributed by atoms with Gasteiger partial charge >= 0.3 is 5.97 Å². The number of carboxylic acids is 1. The Morgan fingerprint density at radius 3 is 2.85 bits per heavy atom. The summed E-state index contributed by atoms with van der Waals surface area (Å²) in [7, 11) is 0. The Labute approximate surface area is 78.2 Å². The molecule has 0 aromatic carbocycles. The topological polar surface area (TPSA) is 58.6 Å². The van der Waals surface area contributed by atoms with Crippen LogP contribution in [0, 0.1) is 0 Å². The molecule has 0 aromatic heterocycles. The molecule has 0 bridgehead atoms. The van der Waals surface area contributed by atoms with Gasteiger partial charge in [0.25, 0.3) is 0 Å². The molecule has 1 unspecified atom stereocenters. The van der Waals surface area contributed by atoms with Gasteiger partial charge in [0.1, 0.15) is 5.54 Å². The van der Waals surface area contributed by atoms with Crippen LogP contribution in [0.4, 0.5) is 0 Å². The van der Waals surface area contributed by atoms with Gasteiger partial charge in [-0.3, -0.25) is 4.79 Å². The Morgan fingerprint density at radius 1 is 1.62 bits per heavy atom. The smallest absolute Gasteiger partial charge is 0.326 e. The third-order valence-corrected chi connectivity index (χ3v) is 2.51. The number of nitrogens with one attached hydrogen (secondary N) is 1. The maximum absolute atomic E-state index is 11.0. The first-order valence-electron chi connectivity index (χ1n) is 4.83. The molecule has 1 aliphatic rings. The number of hydrogen-bond donors (Lipinski definition) is 2. The van der Waals surface area contributed by atoms with Crippen LogP contribution in [0.3, 0.4) is 0 Å². The van der Waals surface area contributed by atoms with Crippen LogP contribution in [0.25, 0.3) is 0 Å². The standard InChI is InChI=1S/C9H17NO3/c1-2-3-4-5-9(8(11)12)6-7-13-10-9/h10H,2-7H2,1H3,(H,11,12). The van der Waals surface area contributed by atoms with Gasteiger partial charge in [-0.25, -0.2) is 0 Å². The number of carboxylic acid groups (broad SMARTS) is 1. The van der Waals surface area contributed by atoms with Crippen LogP contribution in [-0.4, -0.2) is 23.2 Å². The summed E-state index contributed by atoms with van der Waals surface area (Å²) >= 11 is 0. The summed E-state index contributed by atoms with van der Waals surface area (Å²) < 4.78 is 0. The van der Waals surface area contributed by atoms with Crippen LogP contribution in [0.15, 0.2) is 0 Å². The van der Waals surface area contributed by atoms with Crippen molar-refractivity contribution in [3.05, 3.63) is 0 Å². The number of hydrogen-bond acceptors (Lipinski definition) is 3. The Bertz CT molecular complexity index is 176. The molecular weight excluding hydrogens is 170 g/mol. The minimum atomic E-state index is -0.810. The molecular formula is C9H17NO3. The van der Waals surface area contributed by atoms with Crippen molar-refractivity contribution in [2.24, 2.45) is 0 Å². The zero-order chi connectivity index (χ0) is 9.73. The van der Waals surface area contributed by atoms with Crippen LogP contribution in [0.2, 0.25) is 0 Å². The minimum Gasteiger partial charge on any atom is -0.480 e. The van der Waals surface area contributed by atoms with Crippen LogP contribution in [-0.2, 0) is 9.63 Å². The van der Waals surface area contributed by atoms with Gasteiger partial charge in [-0.15, -0.1) is 0 Å². The highest BCUT2D eigenvalue weighted by Gasteiger charge is 2.41. The van der Waals surface area contributed by atoms with Crippen molar-refractivity contribution < 1.29 is 14.7 Å². The Hall–Kier alpha value is -0.610. The molecule has 0 spiro atoms. The van der Waals surface area contributed by atoms with E-state index in [1.807, 2.05) is 0 Å². The second kappa shape index (κ2) is 4.58. The fourth-order valence-electron chi connectivity index (χ4n) is 1.58. The van der Waals surface area contributed by atoms with Crippen molar-refractivity contribution in [1.82, 2.24) is 5.48 Å². The molecule has 1 heterocycles. The molecule has 1 rings (SSSR count). The zero-order valence-electron chi connectivity index (χ0n) is 8.01. The second-order valence-electron chi connectivity index (χ2n) is 3.54. The fraction of sp³-hybridized carbons (Fsp3) is 0.889. The number of carbonyl (C=O) groups is 1. The van der Waals surface area contributed by atoms with E-state index in [1.54, 1.807) is 0 Å². The number of aliphatic carboxylic acids is 1. The molecule has 1 atom stereocenters. The predicted molar refractivity (Wildman–Crippen MR) is 48.2 cm³/mol. The van der Waals surface area contributed by atoms with Gasteiger partial charge in [-0.1, -0.05) is 26.2 Å². The SMILES string of the molecule is CCCCCC1(C(=O)O)CCON1. The maximum Gasteiger partial charge on any atom is 0.326 e. The first kappa shape index (κ1) is 10.5. The van der Waals surface area contributed by atoms with Gasteiger partial charge in [0.15, 0.2) is 0 Å². The average molecular weight is 187 g/mol. The van der Waals surface area contributed by atoms with Gasteiger partial charge in [0, 0.05) is 6.42 Å². The highest BCUT2D eigenvalue weighted by molar-refractivity contribution is 5.78. The summed E-state index contributed by atoms with van der Waals surface area (Å²) in [6.45, 7) is 2.60. The van der Waals surface area contributed by atoms with Crippen LogP contribution >= 0.6 is 0 Å². The maximum atomic E-state index is 11.0. The summed E-state index contributed by atoms with van der Waals surface area (Å²) in [5.41, 5.74) is 1.82. The molecule has 1 fully saturated rings. The van der Waals surface area contributed by atoms with Gasteiger partial charge in [0.2, 0.25) is 0 Å². The summed E-state index contributed by atoms with van der Waals surface area (Å²) in [5, 5.41) is 9.02. The normalized spacial score (nSPS) is 27.8. The first-order valence-corrected chi connectivity index (χ1v) is 4.83. The summed E-state index contributed by atoms with van der Waals surface area (Å²) in [4.78, 5) is 15.9. The van der Waals surface area contributed by atoms with Crippen molar-refractivity contribution in [3.8, 4) is 0 Å². The van der Waals surface area contributed by atoms with Crippen molar-refractivity contribution in [2.75, 3.05) is 6.61 Å². The molecule has 0 amide bonds. The molecule has 13 heavy (non-hydrogen) atoms. The van der Waals surface area contributed by atoms with E-state index in [0.717, 1.165) is 19.3 Å². The minimum absolute atomic E-state index is 0.498. The average Bonchev–Trinajstić information content (AvgIpc) is 2.55. The third kappa shape index (κ3) is 2.42. The number of rotatable bonds is 5. The second-order valence-corrected chi connectivity index (χ2v) is 3.54. The zero-order valence-corrected chi connectivity index (χ0v) is 8.01. The predicted octanol–water partition coefficient (Wildman–Crippen LogP) is 1.32. The molecule has 0 radical (unpaired) electrons. The lowest BCUT2D eigenvalue weighted by Crippen LogP contribution is -2.46. The molecule has 1 aliphatic heterocycles. The molecule has 0 aromatic rings. The molecule has 0 aliphatic carbocycles. The van der Waals surface area contributed by atoms with E-state index in [2.05, 4.69) is 12.4 Å². The fourth-order valence-corrected chi connectivity index (χ4v) is 1.58. The van der Waals surface area contributed by atoms with Gasteiger partial charge < -0.3 is 9.94 Å². The van der Waals surface area contributed by atoms with Crippen LogP contribution in [0.5, 0.6) is 0 Å². The van der Waals surface area contributed by atoms with E-state index in [1.165, 1.54) is 0 Å². The lowest BCUT2D eigenvalue weighted by atomic mass is 9.91. The number of unbranched alkanes of at least 4 members (excludes halogenated alkanes) is 2. The van der Waals surface area contributed by atoms with Gasteiger partial charge in [-0.05, 0) is 6.42 Å². The molecule has 1 saturated heterocycles. The van der Waals surface area contributed by atoms with Gasteiger partial charge in [-0.2, -0.15) is 5.48 Å². The highest BCUT2D eigenvalue weighted by Crippen LogP contribution is 2.23. The largest absolute Gasteiger partial charge is 0.480 e. The van der Waals surface area contributed by atoms with E-state index in [-0.39, 0.29) is 0 Å². The van der Waals surface area contributed by atoms with Crippen molar-refractivity contribution in [1.29, 1.82) is 0 Å². The molecule has 76 valence electrons. The van der Waals surface area contributed by atoms with Crippen LogP contribution < -0.4 is 5.48 Å². The molecule has 2 N–H and O–H groups in total. The Morgan fingerprint density at radius 2 is 2.38 bits per heavy atom. The monoisotopic (exact) mass is 187 g/mol. The van der Waals surface area contributed by atoms with Crippen molar-refractivity contribution >= 4 is 5.97 Å². The van der Waals surface area contributed by atoms with E-state index >= 15 is 0 Å². The highest BCUT2D eigenvalue weighted by atomic mass is 16.7. The third-order valence-electron chi connectivity index (χ3n) is 2.51. The van der Waals surface area contributed by atoms with E-state index in [9.17, 15) is 4.79 Å². The molecule has 4 heteroatoms. The summed E-state index contributed by atoms with van der Waals surface area (Å²) in [6.07, 6.45) is 4.37. The van der Waals surface area contributed by atoms with E-state index in [4.69, 9.17) is 9.94 Å². The lowest BCUT2D eigenvalue weighted by Gasteiger charge is -2.21. The van der Waals surface area contributed by atoms with Gasteiger partial charge in [0.05, 0.1) is 6.61 Å². The molecule has 4 nitrogen and oxygen atoms in total. The molecule has 0 saturated carbocycles.